The number of hydrogen-bond donors (Lipinski definition) is 2. The number of benzene rings is 2. The highest BCUT2D eigenvalue weighted by Gasteiger charge is 2.32. The van der Waals surface area contributed by atoms with Gasteiger partial charge in [0.25, 0.3) is 0 Å². The van der Waals surface area contributed by atoms with E-state index in [1.54, 1.807) is 24.4 Å². The second kappa shape index (κ2) is 8.51. The molecule has 3 N–H and O–H groups in total. The van der Waals surface area contributed by atoms with Crippen LogP contribution in [-0.2, 0) is 11.3 Å². The largest absolute Gasteiger partial charge is 0.366 e. The lowest BCUT2D eigenvalue weighted by Crippen LogP contribution is -2.34. The van der Waals surface area contributed by atoms with Gasteiger partial charge in [0, 0.05) is 23.7 Å². The van der Waals surface area contributed by atoms with E-state index >= 15 is 4.39 Å². The third-order valence-electron chi connectivity index (χ3n) is 5.79. The molecule has 0 unspecified atom stereocenters. The summed E-state index contributed by atoms with van der Waals surface area (Å²) in [6.45, 7) is 2.32. The molecule has 4 aromatic rings. The summed E-state index contributed by atoms with van der Waals surface area (Å²) in [7, 11) is 0. The highest BCUT2D eigenvalue weighted by atomic mass is 19.1. The van der Waals surface area contributed by atoms with E-state index in [9.17, 15) is 4.79 Å². The van der Waals surface area contributed by atoms with Crippen LogP contribution in [0.4, 0.5) is 20.8 Å². The van der Waals surface area contributed by atoms with Crippen LogP contribution in [0.15, 0.2) is 60.8 Å². The minimum Gasteiger partial charge on any atom is -0.366 e. The number of anilines is 2. The van der Waals surface area contributed by atoms with Crippen LogP contribution >= 0.6 is 0 Å². The molecule has 2 aromatic carbocycles. The number of amides is 2. The van der Waals surface area contributed by atoms with Crippen molar-refractivity contribution in [2.45, 2.75) is 25.8 Å². The van der Waals surface area contributed by atoms with Gasteiger partial charge in [0.15, 0.2) is 11.5 Å². The van der Waals surface area contributed by atoms with Gasteiger partial charge in [-0.3, -0.25) is 4.84 Å². The maximum atomic E-state index is 15.7. The lowest BCUT2D eigenvalue weighted by molar-refractivity contribution is -0.0830. The molecule has 2 aromatic heterocycles. The number of hydrogen-bond acceptors (Lipinski definition) is 5. The predicted octanol–water partition coefficient (Wildman–Crippen LogP) is 4.59. The first kappa shape index (κ1) is 20.9. The Morgan fingerprint density at radius 2 is 2.03 bits per heavy atom. The number of hydroxylamine groups is 2. The Hall–Kier alpha value is -3.98. The molecule has 0 saturated carbocycles. The predicted molar refractivity (Wildman–Crippen MR) is 123 cm³/mol. The van der Waals surface area contributed by atoms with Crippen LogP contribution in [0.3, 0.4) is 0 Å². The number of aryl methyl sites for hydroxylation is 1. The molecule has 0 radical (unpaired) electrons. The van der Waals surface area contributed by atoms with E-state index in [2.05, 4.69) is 15.4 Å². The minimum absolute atomic E-state index is 0.139. The highest BCUT2D eigenvalue weighted by molar-refractivity contribution is 5.91. The van der Waals surface area contributed by atoms with Crippen LogP contribution in [-0.4, -0.2) is 32.3 Å². The Balaban J connectivity index is 1.47. The van der Waals surface area contributed by atoms with Crippen molar-refractivity contribution in [1.82, 2.24) is 19.7 Å². The van der Waals surface area contributed by atoms with Crippen molar-refractivity contribution >= 4 is 23.3 Å². The first-order chi connectivity index (χ1) is 16.0. The summed E-state index contributed by atoms with van der Waals surface area (Å²) in [5.41, 5.74) is 8.93. The average molecular weight is 446 g/mol. The number of aromatic nitrogens is 3. The average Bonchev–Trinajstić information content (AvgIpc) is 3.46. The van der Waals surface area contributed by atoms with Crippen molar-refractivity contribution in [3.63, 3.8) is 0 Å². The number of fused-ring (bicyclic) bond motifs is 1. The fraction of sp³-hybridized carbons (Fsp3) is 0.208. The van der Waals surface area contributed by atoms with Crippen LogP contribution in [0, 0.1) is 5.82 Å². The molecule has 1 saturated heterocycles. The zero-order valence-corrected chi connectivity index (χ0v) is 18.0. The van der Waals surface area contributed by atoms with Gasteiger partial charge in [0.2, 0.25) is 5.95 Å². The van der Waals surface area contributed by atoms with Crippen molar-refractivity contribution in [3.8, 4) is 11.1 Å². The SMILES string of the molecule is CCc1ccc(-c2ccc3nc(N)nn3c2)c(F)c1NC(=O)N1OCC[C@H]1c1ccccc1. The maximum absolute atomic E-state index is 15.7. The topological polar surface area (TPSA) is 97.8 Å². The summed E-state index contributed by atoms with van der Waals surface area (Å²) < 4.78 is 17.2. The van der Waals surface area contributed by atoms with E-state index in [1.807, 2.05) is 43.3 Å². The Kier molecular flexibility index (Phi) is 5.39. The smallest absolute Gasteiger partial charge is 0.346 e. The second-order valence-corrected chi connectivity index (χ2v) is 7.81. The molecule has 33 heavy (non-hydrogen) atoms. The van der Waals surface area contributed by atoms with Crippen LogP contribution in [0.25, 0.3) is 16.8 Å². The van der Waals surface area contributed by atoms with E-state index < -0.39 is 11.8 Å². The molecule has 0 spiro atoms. The standard InChI is InChI=1S/C24H23FN6O2/c1-2-15-8-10-18(17-9-11-20-27-23(26)29-30(20)14-17)21(25)22(15)28-24(32)31-19(12-13-33-31)16-6-4-3-5-7-16/h3-11,14,19H,2,12-13H2,1H3,(H2,26,29)(H,28,32)/t19-/m0/s1. The third kappa shape index (κ3) is 3.87. The molecular formula is C24H23FN6O2. The summed E-state index contributed by atoms with van der Waals surface area (Å²) >= 11 is 0. The zero-order valence-electron chi connectivity index (χ0n) is 18.0. The summed E-state index contributed by atoms with van der Waals surface area (Å²) in [5.74, 6) is -0.383. The van der Waals surface area contributed by atoms with Gasteiger partial charge in [0.1, 0.15) is 0 Å². The Morgan fingerprint density at radius 3 is 2.82 bits per heavy atom. The summed E-state index contributed by atoms with van der Waals surface area (Å²) in [6.07, 6.45) is 2.87. The van der Waals surface area contributed by atoms with Crippen molar-refractivity contribution < 1.29 is 14.0 Å². The van der Waals surface area contributed by atoms with E-state index in [0.29, 0.717) is 41.8 Å². The van der Waals surface area contributed by atoms with Gasteiger partial charge in [-0.2, -0.15) is 10.0 Å². The summed E-state index contributed by atoms with van der Waals surface area (Å²) in [5, 5.41) is 8.14. The fourth-order valence-electron chi connectivity index (χ4n) is 4.14. The number of rotatable bonds is 4. The monoisotopic (exact) mass is 446 g/mol. The van der Waals surface area contributed by atoms with E-state index in [1.165, 1.54) is 9.58 Å². The molecule has 0 aliphatic carbocycles. The van der Waals surface area contributed by atoms with Gasteiger partial charge in [-0.1, -0.05) is 49.4 Å². The van der Waals surface area contributed by atoms with Gasteiger partial charge in [-0.05, 0) is 29.7 Å². The van der Waals surface area contributed by atoms with Gasteiger partial charge in [-0.25, -0.2) is 13.7 Å². The number of nitrogen functional groups attached to an aromatic ring is 1. The molecule has 168 valence electrons. The number of urea groups is 1. The van der Waals surface area contributed by atoms with Crippen LogP contribution in [0.1, 0.15) is 30.5 Å². The quantitative estimate of drug-likeness (QED) is 0.478. The third-order valence-corrected chi connectivity index (χ3v) is 5.79. The summed E-state index contributed by atoms with van der Waals surface area (Å²) in [4.78, 5) is 22.8. The lowest BCUT2D eigenvalue weighted by atomic mass is 10.0. The molecule has 9 heteroatoms. The van der Waals surface area contributed by atoms with Crippen LogP contribution < -0.4 is 11.1 Å². The van der Waals surface area contributed by atoms with Crippen LogP contribution in [0.5, 0.6) is 0 Å². The molecule has 2 amide bonds. The van der Waals surface area contributed by atoms with Crippen LogP contribution in [0.2, 0.25) is 0 Å². The summed E-state index contributed by atoms with van der Waals surface area (Å²) in [6, 6.07) is 15.9. The molecule has 5 rings (SSSR count). The van der Waals surface area contributed by atoms with Gasteiger partial charge >= 0.3 is 6.03 Å². The molecule has 1 atom stereocenters. The van der Waals surface area contributed by atoms with Crippen molar-refractivity contribution in [3.05, 3.63) is 77.7 Å². The van der Waals surface area contributed by atoms with Gasteiger partial charge < -0.3 is 11.1 Å². The molecule has 0 bridgehead atoms. The number of nitrogens with two attached hydrogens (primary N) is 1. The molecular weight excluding hydrogens is 423 g/mol. The maximum Gasteiger partial charge on any atom is 0.346 e. The normalized spacial score (nSPS) is 15.8. The number of pyridine rings is 1. The molecule has 8 nitrogen and oxygen atoms in total. The Morgan fingerprint density at radius 1 is 1.21 bits per heavy atom. The molecule has 1 fully saturated rings. The number of halogens is 1. The van der Waals surface area contributed by atoms with Crippen molar-refractivity contribution in [1.29, 1.82) is 0 Å². The minimum atomic E-state index is -0.523. The number of carbonyl (C=O) groups is 1. The van der Waals surface area contributed by atoms with Gasteiger partial charge in [-0.15, -0.1) is 5.10 Å². The van der Waals surface area contributed by atoms with E-state index in [4.69, 9.17) is 10.6 Å². The Labute approximate surface area is 189 Å². The lowest BCUT2D eigenvalue weighted by Gasteiger charge is -2.24. The second-order valence-electron chi connectivity index (χ2n) is 7.81. The zero-order chi connectivity index (χ0) is 22.9. The Bertz CT molecular complexity index is 1320. The van der Waals surface area contributed by atoms with Crippen molar-refractivity contribution in [2.75, 3.05) is 17.7 Å². The highest BCUT2D eigenvalue weighted by Crippen LogP contribution is 2.34. The number of carbonyl (C=O) groups excluding carboxylic acids is 1. The molecule has 3 heterocycles. The van der Waals surface area contributed by atoms with Crippen molar-refractivity contribution in [2.24, 2.45) is 0 Å². The first-order valence-corrected chi connectivity index (χ1v) is 10.8. The number of nitrogens with zero attached hydrogens (tertiary/aromatic N) is 4. The molecule has 1 aliphatic heterocycles. The molecule has 1 aliphatic rings. The van der Waals surface area contributed by atoms with Gasteiger partial charge in [0.05, 0.1) is 18.3 Å². The first-order valence-electron chi connectivity index (χ1n) is 10.8. The van der Waals surface area contributed by atoms with E-state index in [0.717, 1.165) is 5.56 Å². The number of nitrogens with one attached hydrogen (secondary N) is 1. The fourth-order valence-corrected chi connectivity index (χ4v) is 4.14. The van der Waals surface area contributed by atoms with E-state index in [-0.39, 0.29) is 17.7 Å².